The van der Waals surface area contributed by atoms with E-state index in [2.05, 4.69) is 44.1 Å². The molecule has 1 N–H and O–H groups in total. The summed E-state index contributed by atoms with van der Waals surface area (Å²) in [6.07, 6.45) is 5.02. The van der Waals surface area contributed by atoms with Crippen molar-refractivity contribution >= 4 is 23.4 Å². The van der Waals surface area contributed by atoms with Gasteiger partial charge < -0.3 is 14.6 Å². The van der Waals surface area contributed by atoms with E-state index in [1.165, 1.54) is 0 Å². The summed E-state index contributed by atoms with van der Waals surface area (Å²) >= 11 is 1.82. The highest BCUT2D eigenvalue weighted by Crippen LogP contribution is 2.30. The molecule has 0 aliphatic heterocycles. The Bertz CT molecular complexity index is 1480. The summed E-state index contributed by atoms with van der Waals surface area (Å²) in [4.78, 5) is 15.9. The van der Waals surface area contributed by atoms with E-state index in [1.54, 1.807) is 11.4 Å². The number of pyridine rings is 1. The lowest BCUT2D eigenvalue weighted by Gasteiger charge is -2.11. The Balaban J connectivity index is 1.44. The Morgan fingerprint density at radius 2 is 1.82 bits per heavy atom. The van der Waals surface area contributed by atoms with Gasteiger partial charge in [-0.05, 0) is 86.2 Å². The van der Waals surface area contributed by atoms with Crippen LogP contribution in [0.4, 0.5) is 0 Å². The maximum absolute atomic E-state index is 11.1. The third-order valence-corrected chi connectivity index (χ3v) is 6.97. The number of ether oxygens (including phenoxy) is 2. The Hall–Kier alpha value is -3.96. The molecule has 4 aromatic rings. The Labute approximate surface area is 233 Å². The standard InChI is InChI=1S/C31H33N3O4S/c1-5-7-25(18-29(35)36)24-9-11-26(12-10-24)38-20-23-8-13-28-32-31(33-34(28)19-23)30-21(2)16-27(17-22(30)3)37-14-6-15-39-4/h8-13,16-17,19,25H,6,14-15,18,20H2,1-4H3,(H,35,36). The lowest BCUT2D eigenvalue weighted by atomic mass is 9.96. The first-order valence-corrected chi connectivity index (χ1v) is 14.2. The van der Waals surface area contributed by atoms with Gasteiger partial charge in [0.2, 0.25) is 0 Å². The quantitative estimate of drug-likeness (QED) is 0.166. The molecule has 7 nitrogen and oxygen atoms in total. The highest BCUT2D eigenvalue weighted by molar-refractivity contribution is 7.98. The predicted molar refractivity (Wildman–Crippen MR) is 156 cm³/mol. The molecule has 0 aliphatic carbocycles. The number of hydrogen-bond acceptors (Lipinski definition) is 6. The second-order valence-corrected chi connectivity index (χ2v) is 10.3. The fraction of sp³-hybridized carbons (Fsp3) is 0.323. The number of hydrogen-bond donors (Lipinski definition) is 1. The monoisotopic (exact) mass is 543 g/mol. The van der Waals surface area contributed by atoms with Crippen LogP contribution >= 0.6 is 11.8 Å². The molecule has 202 valence electrons. The Kier molecular flexibility index (Phi) is 9.50. The number of nitrogens with zero attached hydrogens (tertiary/aromatic N) is 3. The number of aliphatic carboxylic acids is 1. The van der Waals surface area contributed by atoms with E-state index in [0.29, 0.717) is 24.8 Å². The molecule has 0 saturated heterocycles. The summed E-state index contributed by atoms with van der Waals surface area (Å²) in [6.45, 7) is 6.90. The van der Waals surface area contributed by atoms with Crippen LogP contribution in [0.3, 0.4) is 0 Å². The minimum absolute atomic E-state index is 0.0315. The van der Waals surface area contributed by atoms with E-state index in [0.717, 1.165) is 51.4 Å². The van der Waals surface area contributed by atoms with E-state index < -0.39 is 5.97 Å². The summed E-state index contributed by atoms with van der Waals surface area (Å²) in [5.74, 6) is 7.90. The molecular formula is C31H33N3O4S. The first-order chi connectivity index (χ1) is 18.9. The SMILES string of the molecule is CC#CC(CC(=O)O)c1ccc(OCc2ccc3nc(-c4c(C)cc(OCCCSC)cc4C)nn3c2)cc1. The van der Waals surface area contributed by atoms with E-state index in [4.69, 9.17) is 24.7 Å². The molecule has 2 heterocycles. The number of carboxylic acids is 1. The van der Waals surface area contributed by atoms with Crippen LogP contribution in [0.1, 0.15) is 47.9 Å². The zero-order valence-corrected chi connectivity index (χ0v) is 23.5. The smallest absolute Gasteiger partial charge is 0.304 e. The summed E-state index contributed by atoms with van der Waals surface area (Å²) < 4.78 is 13.7. The van der Waals surface area contributed by atoms with Crippen molar-refractivity contribution in [2.75, 3.05) is 18.6 Å². The van der Waals surface area contributed by atoms with Gasteiger partial charge in [0.05, 0.1) is 18.9 Å². The van der Waals surface area contributed by atoms with E-state index >= 15 is 0 Å². The molecule has 0 aliphatic rings. The van der Waals surface area contributed by atoms with Crippen molar-refractivity contribution in [1.29, 1.82) is 0 Å². The minimum Gasteiger partial charge on any atom is -0.494 e. The van der Waals surface area contributed by atoms with Gasteiger partial charge in [-0.15, -0.1) is 11.0 Å². The lowest BCUT2D eigenvalue weighted by Crippen LogP contribution is -2.04. The predicted octanol–water partition coefficient (Wildman–Crippen LogP) is 6.31. The van der Waals surface area contributed by atoms with Gasteiger partial charge in [0, 0.05) is 17.3 Å². The van der Waals surface area contributed by atoms with Crippen molar-refractivity contribution in [2.45, 2.75) is 46.1 Å². The fourth-order valence-corrected chi connectivity index (χ4v) is 4.84. The third kappa shape index (κ3) is 7.33. The zero-order valence-electron chi connectivity index (χ0n) is 22.7. The van der Waals surface area contributed by atoms with Crippen LogP contribution in [0, 0.1) is 25.7 Å². The molecule has 8 heteroatoms. The second-order valence-electron chi connectivity index (χ2n) is 9.30. The number of benzene rings is 2. The molecule has 0 bridgehead atoms. The molecule has 2 aromatic heterocycles. The van der Waals surface area contributed by atoms with Crippen LogP contribution in [0.5, 0.6) is 11.5 Å². The topological polar surface area (TPSA) is 86.0 Å². The number of carbonyl (C=O) groups is 1. The van der Waals surface area contributed by atoms with E-state index in [-0.39, 0.29) is 12.3 Å². The first kappa shape index (κ1) is 28.1. The van der Waals surface area contributed by atoms with Crippen LogP contribution in [0.15, 0.2) is 54.7 Å². The summed E-state index contributed by atoms with van der Waals surface area (Å²) in [6, 6.07) is 15.4. The number of rotatable bonds is 12. The Morgan fingerprint density at radius 3 is 2.49 bits per heavy atom. The van der Waals surface area contributed by atoms with Crippen LogP contribution in [-0.2, 0) is 11.4 Å². The van der Waals surface area contributed by atoms with Crippen molar-refractivity contribution in [3.05, 3.63) is 77.0 Å². The van der Waals surface area contributed by atoms with Gasteiger partial charge in [-0.2, -0.15) is 11.8 Å². The number of carboxylic acid groups (broad SMARTS) is 1. The zero-order chi connectivity index (χ0) is 27.8. The maximum atomic E-state index is 11.1. The van der Waals surface area contributed by atoms with Gasteiger partial charge in [-0.3, -0.25) is 4.79 Å². The highest BCUT2D eigenvalue weighted by Gasteiger charge is 2.15. The highest BCUT2D eigenvalue weighted by atomic mass is 32.2. The molecule has 2 aromatic carbocycles. The van der Waals surface area contributed by atoms with Crippen molar-refractivity contribution in [1.82, 2.24) is 14.6 Å². The largest absolute Gasteiger partial charge is 0.494 e. The lowest BCUT2D eigenvalue weighted by molar-refractivity contribution is -0.137. The first-order valence-electron chi connectivity index (χ1n) is 12.8. The van der Waals surface area contributed by atoms with Gasteiger partial charge in [0.25, 0.3) is 0 Å². The van der Waals surface area contributed by atoms with Gasteiger partial charge in [0.1, 0.15) is 18.1 Å². The summed E-state index contributed by atoms with van der Waals surface area (Å²) in [5, 5.41) is 13.9. The summed E-state index contributed by atoms with van der Waals surface area (Å²) in [5.41, 5.74) is 5.74. The minimum atomic E-state index is -0.872. The van der Waals surface area contributed by atoms with Crippen molar-refractivity contribution < 1.29 is 19.4 Å². The molecule has 0 spiro atoms. The molecule has 39 heavy (non-hydrogen) atoms. The van der Waals surface area contributed by atoms with Crippen LogP contribution < -0.4 is 9.47 Å². The van der Waals surface area contributed by atoms with E-state index in [1.807, 2.05) is 54.4 Å². The van der Waals surface area contributed by atoms with Crippen molar-refractivity contribution in [3.63, 3.8) is 0 Å². The number of fused-ring (bicyclic) bond motifs is 1. The molecule has 0 fully saturated rings. The van der Waals surface area contributed by atoms with Crippen LogP contribution in [0.25, 0.3) is 17.0 Å². The summed E-state index contributed by atoms with van der Waals surface area (Å²) in [7, 11) is 0. The number of aryl methyl sites for hydroxylation is 2. The Morgan fingerprint density at radius 1 is 1.08 bits per heavy atom. The fourth-order valence-electron chi connectivity index (χ4n) is 4.43. The van der Waals surface area contributed by atoms with Gasteiger partial charge in [0.15, 0.2) is 11.5 Å². The molecule has 0 saturated carbocycles. The third-order valence-electron chi connectivity index (χ3n) is 6.27. The van der Waals surface area contributed by atoms with Gasteiger partial charge >= 0.3 is 5.97 Å². The van der Waals surface area contributed by atoms with Crippen LogP contribution in [0.2, 0.25) is 0 Å². The molecule has 1 unspecified atom stereocenters. The number of aromatic nitrogens is 3. The number of thioether (sulfide) groups is 1. The molecule has 4 rings (SSSR count). The molecule has 0 amide bonds. The van der Waals surface area contributed by atoms with Crippen molar-refractivity contribution in [3.8, 4) is 34.7 Å². The van der Waals surface area contributed by atoms with E-state index in [9.17, 15) is 4.79 Å². The average molecular weight is 544 g/mol. The molecule has 0 radical (unpaired) electrons. The van der Waals surface area contributed by atoms with Crippen molar-refractivity contribution in [2.24, 2.45) is 0 Å². The second kappa shape index (κ2) is 13.2. The normalized spacial score (nSPS) is 11.6. The molecular weight excluding hydrogens is 510 g/mol. The molecule has 1 atom stereocenters. The average Bonchev–Trinajstić information content (AvgIpc) is 3.32. The van der Waals surface area contributed by atoms with Gasteiger partial charge in [-0.25, -0.2) is 9.50 Å². The maximum Gasteiger partial charge on any atom is 0.304 e. The van der Waals surface area contributed by atoms with Gasteiger partial charge in [-0.1, -0.05) is 24.1 Å². The van der Waals surface area contributed by atoms with Crippen LogP contribution in [-0.4, -0.2) is 44.3 Å².